The lowest BCUT2D eigenvalue weighted by Gasteiger charge is -2.38. The molecule has 0 aromatic heterocycles. The predicted octanol–water partition coefficient (Wildman–Crippen LogP) is 7.78. The first-order valence-electron chi connectivity index (χ1n) is 16.3. The van der Waals surface area contributed by atoms with E-state index in [9.17, 15) is 45.3 Å². The van der Waals surface area contributed by atoms with Crippen LogP contribution in [-0.2, 0) is 0 Å². The normalized spacial score (nSPS) is 20.0. The number of aromatic hydroxyl groups is 7. The fourth-order valence-corrected chi connectivity index (χ4v) is 7.17. The Bertz CT molecular complexity index is 2060. The molecule has 4 aromatic carbocycles. The van der Waals surface area contributed by atoms with E-state index in [1.807, 2.05) is 19.9 Å². The Hall–Kier alpha value is -5.90. The maximum absolute atomic E-state index is 14.6. The van der Waals surface area contributed by atoms with E-state index in [-0.39, 0.29) is 68.9 Å². The molecule has 1 aliphatic heterocycles. The van der Waals surface area contributed by atoms with Crippen molar-refractivity contribution in [2.45, 2.75) is 57.5 Å². The molecule has 4 unspecified atom stereocenters. The van der Waals surface area contributed by atoms with Crippen molar-refractivity contribution in [3.05, 3.63) is 118 Å². The second-order valence-corrected chi connectivity index (χ2v) is 13.2. The zero-order valence-corrected chi connectivity index (χ0v) is 27.5. The van der Waals surface area contributed by atoms with Gasteiger partial charge in [-0.05, 0) is 75.1 Å². The summed E-state index contributed by atoms with van der Waals surface area (Å²) in [5, 5.41) is 73.9. The number of fused-ring (bicyclic) bond motifs is 1. The van der Waals surface area contributed by atoms with Crippen LogP contribution in [0.1, 0.15) is 94.9 Å². The Morgan fingerprint density at radius 2 is 1.36 bits per heavy atom. The quantitative estimate of drug-likeness (QED) is 0.0717. The van der Waals surface area contributed by atoms with Gasteiger partial charge in [0.25, 0.3) is 0 Å². The molecule has 10 heteroatoms. The van der Waals surface area contributed by atoms with Gasteiger partial charge in [0.1, 0.15) is 57.7 Å². The number of carbonyl (C=O) groups excluding carboxylic acids is 2. The SMILES string of the molecule is CC(C)=CCCC1=CC(c2ccc3c(c2O)C(=O)CC(c2ccc(O)cc2O)O3)C(C(=O)c2ccc(O)cc2O)C(c2ccc(O)cc2O)C1. The molecule has 0 fully saturated rings. The highest BCUT2D eigenvalue weighted by atomic mass is 16.5. The largest absolute Gasteiger partial charge is 0.508 e. The van der Waals surface area contributed by atoms with Crippen molar-refractivity contribution in [1.29, 1.82) is 0 Å². The molecule has 4 aromatic rings. The van der Waals surface area contributed by atoms with E-state index in [0.717, 1.165) is 23.3 Å². The van der Waals surface area contributed by atoms with E-state index in [0.29, 0.717) is 24.8 Å². The molecule has 0 saturated heterocycles. The van der Waals surface area contributed by atoms with Gasteiger partial charge in [-0.15, -0.1) is 0 Å². The summed E-state index contributed by atoms with van der Waals surface area (Å²) in [6.45, 7) is 3.98. The number of hydrogen-bond acceptors (Lipinski definition) is 10. The third-order valence-electron chi connectivity index (χ3n) is 9.51. The van der Waals surface area contributed by atoms with Crippen molar-refractivity contribution in [1.82, 2.24) is 0 Å². The minimum atomic E-state index is -1.03. The molecule has 0 amide bonds. The fourth-order valence-electron chi connectivity index (χ4n) is 7.17. The van der Waals surface area contributed by atoms with Crippen LogP contribution in [0.25, 0.3) is 0 Å². The van der Waals surface area contributed by atoms with Crippen LogP contribution in [0.3, 0.4) is 0 Å². The van der Waals surface area contributed by atoms with Crippen LogP contribution >= 0.6 is 0 Å². The maximum Gasteiger partial charge on any atom is 0.174 e. The van der Waals surface area contributed by atoms with Gasteiger partial charge in [0.15, 0.2) is 11.6 Å². The average Bonchev–Trinajstić information content (AvgIpc) is 3.04. The van der Waals surface area contributed by atoms with Crippen LogP contribution in [0.2, 0.25) is 0 Å². The number of rotatable bonds is 8. The van der Waals surface area contributed by atoms with Crippen LogP contribution in [0, 0.1) is 5.92 Å². The van der Waals surface area contributed by atoms with Crippen LogP contribution in [0.4, 0.5) is 0 Å². The van der Waals surface area contributed by atoms with Crippen molar-refractivity contribution in [3.63, 3.8) is 0 Å². The molecule has 50 heavy (non-hydrogen) atoms. The van der Waals surface area contributed by atoms with Gasteiger partial charge in [-0.2, -0.15) is 0 Å². The molecule has 6 rings (SSSR count). The molecule has 0 spiro atoms. The Labute approximate surface area is 288 Å². The first kappa shape index (κ1) is 34.0. The zero-order chi connectivity index (χ0) is 35.9. The number of Topliss-reactive ketones (excluding diaryl/α,β-unsaturated/α-hetero) is 2. The third kappa shape index (κ3) is 6.56. The number of carbonyl (C=O) groups is 2. The molecule has 1 aliphatic carbocycles. The van der Waals surface area contributed by atoms with E-state index in [2.05, 4.69) is 6.08 Å². The minimum Gasteiger partial charge on any atom is -0.508 e. The summed E-state index contributed by atoms with van der Waals surface area (Å²) in [5.41, 5.74) is 2.84. The predicted molar refractivity (Wildman–Crippen MR) is 184 cm³/mol. The lowest BCUT2D eigenvalue weighted by molar-refractivity contribution is 0.0842. The molecule has 0 bridgehead atoms. The number of benzene rings is 4. The van der Waals surface area contributed by atoms with Gasteiger partial charge in [0.2, 0.25) is 0 Å². The Morgan fingerprint density at radius 1 is 0.760 bits per heavy atom. The molecular weight excluding hydrogens is 640 g/mol. The van der Waals surface area contributed by atoms with Crippen molar-refractivity contribution >= 4 is 11.6 Å². The summed E-state index contributed by atoms with van der Waals surface area (Å²) >= 11 is 0. The van der Waals surface area contributed by atoms with Gasteiger partial charge in [-0.3, -0.25) is 9.59 Å². The highest BCUT2D eigenvalue weighted by molar-refractivity contribution is 6.04. The topological polar surface area (TPSA) is 185 Å². The van der Waals surface area contributed by atoms with Crippen molar-refractivity contribution < 1.29 is 50.1 Å². The Morgan fingerprint density at radius 3 is 1.98 bits per heavy atom. The number of hydrogen-bond donors (Lipinski definition) is 7. The summed E-state index contributed by atoms with van der Waals surface area (Å²) in [4.78, 5) is 28.3. The second kappa shape index (κ2) is 13.5. The maximum atomic E-state index is 14.6. The van der Waals surface area contributed by atoms with Gasteiger partial charge < -0.3 is 40.5 Å². The lowest BCUT2D eigenvalue weighted by atomic mass is 9.64. The molecule has 7 N–H and O–H groups in total. The molecule has 0 radical (unpaired) electrons. The number of allylic oxidation sites excluding steroid dienone is 4. The van der Waals surface area contributed by atoms with Gasteiger partial charge >= 0.3 is 0 Å². The average molecular weight is 679 g/mol. The van der Waals surface area contributed by atoms with E-state index >= 15 is 0 Å². The summed E-state index contributed by atoms with van der Waals surface area (Å²) in [7, 11) is 0. The van der Waals surface area contributed by atoms with E-state index in [1.54, 1.807) is 12.1 Å². The molecular formula is C40H38O10. The van der Waals surface area contributed by atoms with Gasteiger partial charge in [-0.25, -0.2) is 0 Å². The number of ketones is 2. The number of phenolic OH excluding ortho intramolecular Hbond substituents is 7. The monoisotopic (exact) mass is 678 g/mol. The van der Waals surface area contributed by atoms with Gasteiger partial charge in [0.05, 0.1) is 12.0 Å². The number of ether oxygens (including phenoxy) is 1. The molecule has 2 aliphatic rings. The molecule has 0 saturated carbocycles. The van der Waals surface area contributed by atoms with E-state index in [1.165, 1.54) is 42.5 Å². The molecule has 4 atom stereocenters. The molecule has 1 heterocycles. The van der Waals surface area contributed by atoms with E-state index in [4.69, 9.17) is 4.74 Å². The Kier molecular flexibility index (Phi) is 9.20. The highest BCUT2D eigenvalue weighted by Crippen LogP contribution is 2.53. The standard InChI is InChI=1S/C40H38O10/c1-20(2)4-3-5-21-14-29(25-9-6-22(41)16-31(25)44)37(40(49)28-11-8-24(43)18-33(28)46)30(15-21)26-12-13-35-38(39(26)48)34(47)19-36(50-35)27-10-7-23(42)17-32(27)45/h4,6-13,15-18,29-30,36-37,41-46,48H,3,5,14,19H2,1-2H3. The van der Waals surface area contributed by atoms with Crippen LogP contribution in [-0.4, -0.2) is 47.3 Å². The van der Waals surface area contributed by atoms with Crippen molar-refractivity contribution in [3.8, 4) is 46.0 Å². The van der Waals surface area contributed by atoms with Crippen molar-refractivity contribution in [2.24, 2.45) is 5.92 Å². The highest BCUT2D eigenvalue weighted by Gasteiger charge is 2.44. The third-order valence-corrected chi connectivity index (χ3v) is 9.51. The van der Waals surface area contributed by atoms with Crippen LogP contribution in [0.5, 0.6) is 46.0 Å². The van der Waals surface area contributed by atoms with E-state index < -0.39 is 41.2 Å². The summed E-state index contributed by atoms with van der Waals surface area (Å²) in [6, 6.07) is 14.9. The Balaban J connectivity index is 1.50. The summed E-state index contributed by atoms with van der Waals surface area (Å²) in [5.74, 6) is -5.34. The molecule has 258 valence electrons. The zero-order valence-electron chi connectivity index (χ0n) is 27.5. The summed E-state index contributed by atoms with van der Waals surface area (Å²) in [6.07, 6.45) is 4.53. The first-order chi connectivity index (χ1) is 23.8. The van der Waals surface area contributed by atoms with Crippen LogP contribution in [0.15, 0.2) is 90.0 Å². The lowest BCUT2D eigenvalue weighted by Crippen LogP contribution is -2.32. The number of phenols is 7. The first-order valence-corrected chi connectivity index (χ1v) is 16.3. The summed E-state index contributed by atoms with van der Waals surface area (Å²) < 4.78 is 6.09. The fraction of sp³-hybridized carbons (Fsp3) is 0.250. The van der Waals surface area contributed by atoms with Gasteiger partial charge in [0, 0.05) is 47.1 Å². The smallest absolute Gasteiger partial charge is 0.174 e. The second-order valence-electron chi connectivity index (χ2n) is 13.2. The van der Waals surface area contributed by atoms with Gasteiger partial charge in [-0.1, -0.05) is 35.4 Å². The minimum absolute atomic E-state index is 0.0733. The molecule has 10 nitrogen and oxygen atoms in total. The van der Waals surface area contributed by atoms with Crippen LogP contribution < -0.4 is 4.74 Å². The van der Waals surface area contributed by atoms with Crippen molar-refractivity contribution in [2.75, 3.05) is 0 Å².